The number of benzene rings is 3. The maximum absolute atomic E-state index is 4.57. The van der Waals surface area contributed by atoms with Crippen LogP contribution in [-0.4, -0.2) is 4.98 Å². The summed E-state index contributed by atoms with van der Waals surface area (Å²) >= 11 is 10.9. The van der Waals surface area contributed by atoms with Crippen molar-refractivity contribution in [1.82, 2.24) is 4.98 Å². The van der Waals surface area contributed by atoms with E-state index in [2.05, 4.69) is 101 Å². The van der Waals surface area contributed by atoms with Crippen LogP contribution in [0.25, 0.3) is 32.8 Å². The second-order valence-corrected chi connectivity index (χ2v) is 7.92. The number of rotatable bonds is 1. The molecule has 1 aromatic heterocycles. The molecule has 0 aliphatic heterocycles. The Balaban J connectivity index is 2.18. The fourth-order valence-corrected chi connectivity index (χ4v) is 4.78. The van der Waals surface area contributed by atoms with Crippen molar-refractivity contribution in [1.29, 1.82) is 0 Å². The minimum absolute atomic E-state index is 0.958. The normalized spacial score (nSPS) is 11.3. The van der Waals surface area contributed by atoms with Crippen LogP contribution in [0, 0.1) is 0 Å². The van der Waals surface area contributed by atoms with Crippen LogP contribution >= 0.6 is 47.8 Å². The van der Waals surface area contributed by atoms with Gasteiger partial charge in [-0.05, 0) is 60.3 Å². The van der Waals surface area contributed by atoms with Gasteiger partial charge in [0.15, 0.2) is 0 Å². The van der Waals surface area contributed by atoms with E-state index in [-0.39, 0.29) is 0 Å². The van der Waals surface area contributed by atoms with E-state index >= 15 is 0 Å². The lowest BCUT2D eigenvalue weighted by Crippen LogP contribution is -1.89. The third-order valence-electron chi connectivity index (χ3n) is 3.90. The first kappa shape index (κ1) is 15.3. The number of nitrogens with zero attached hydrogens (tertiary/aromatic N) is 1. The highest BCUT2D eigenvalue weighted by atomic mass is 79.9. The van der Waals surface area contributed by atoms with Crippen LogP contribution in [0.15, 0.2) is 74.2 Å². The minimum atomic E-state index is 0.958. The third kappa shape index (κ3) is 2.63. The van der Waals surface area contributed by atoms with Crippen molar-refractivity contribution in [3.63, 3.8) is 0 Å². The summed E-state index contributed by atoms with van der Waals surface area (Å²) in [6.45, 7) is 0. The zero-order valence-electron chi connectivity index (χ0n) is 11.9. The highest BCUT2D eigenvalue weighted by molar-refractivity contribution is 9.11. The SMILES string of the molecule is Brc1cc(Br)c2ncc(Br)c(-c3cccc4ccccc34)c2c1. The Labute approximate surface area is 159 Å². The first-order chi connectivity index (χ1) is 11.1. The largest absolute Gasteiger partial charge is 0.254 e. The lowest BCUT2D eigenvalue weighted by Gasteiger charge is -2.13. The van der Waals surface area contributed by atoms with E-state index in [4.69, 9.17) is 0 Å². The topological polar surface area (TPSA) is 12.9 Å². The summed E-state index contributed by atoms with van der Waals surface area (Å²) in [7, 11) is 0. The van der Waals surface area contributed by atoms with Gasteiger partial charge in [-0.3, -0.25) is 4.98 Å². The molecule has 0 radical (unpaired) electrons. The van der Waals surface area contributed by atoms with Crippen molar-refractivity contribution in [3.05, 3.63) is 74.2 Å². The quantitative estimate of drug-likeness (QED) is 0.271. The average molecular weight is 492 g/mol. The molecule has 0 saturated heterocycles. The molecule has 0 atom stereocenters. The Morgan fingerprint density at radius 3 is 2.39 bits per heavy atom. The molecule has 23 heavy (non-hydrogen) atoms. The summed E-state index contributed by atoms with van der Waals surface area (Å²) in [5.74, 6) is 0. The van der Waals surface area contributed by atoms with E-state index in [1.54, 1.807) is 0 Å². The van der Waals surface area contributed by atoms with Crippen LogP contribution in [0.3, 0.4) is 0 Å². The zero-order chi connectivity index (χ0) is 16.0. The fourth-order valence-electron chi connectivity index (χ4n) is 2.92. The lowest BCUT2D eigenvalue weighted by atomic mass is 9.96. The molecular weight excluding hydrogens is 482 g/mol. The van der Waals surface area contributed by atoms with Gasteiger partial charge < -0.3 is 0 Å². The maximum atomic E-state index is 4.57. The molecule has 0 amide bonds. The summed E-state index contributed by atoms with van der Waals surface area (Å²) in [5.41, 5.74) is 3.32. The van der Waals surface area contributed by atoms with Crippen LogP contribution in [0.2, 0.25) is 0 Å². The minimum Gasteiger partial charge on any atom is -0.254 e. The molecule has 3 aromatic carbocycles. The molecule has 0 unspecified atom stereocenters. The van der Waals surface area contributed by atoms with Gasteiger partial charge in [-0.1, -0.05) is 58.4 Å². The molecule has 4 aromatic rings. The highest BCUT2D eigenvalue weighted by Crippen LogP contribution is 2.40. The first-order valence-electron chi connectivity index (χ1n) is 7.06. The zero-order valence-corrected chi connectivity index (χ0v) is 16.6. The Kier molecular flexibility index (Phi) is 4.00. The molecule has 0 bridgehead atoms. The van der Waals surface area contributed by atoms with Crippen molar-refractivity contribution in [2.75, 3.05) is 0 Å². The molecule has 0 fully saturated rings. The predicted molar refractivity (Wildman–Crippen MR) is 108 cm³/mol. The molecule has 1 heterocycles. The smallest absolute Gasteiger partial charge is 0.0851 e. The number of fused-ring (bicyclic) bond motifs is 2. The average Bonchev–Trinajstić information content (AvgIpc) is 2.54. The van der Waals surface area contributed by atoms with Gasteiger partial charge in [0.2, 0.25) is 0 Å². The summed E-state index contributed by atoms with van der Waals surface area (Å²) in [6.07, 6.45) is 1.87. The van der Waals surface area contributed by atoms with Gasteiger partial charge in [0, 0.05) is 30.6 Å². The Morgan fingerprint density at radius 2 is 1.52 bits per heavy atom. The van der Waals surface area contributed by atoms with Crippen LogP contribution < -0.4 is 0 Å². The Hall–Kier alpha value is -1.23. The van der Waals surface area contributed by atoms with Gasteiger partial charge in [0.05, 0.1) is 5.52 Å². The van der Waals surface area contributed by atoms with Crippen LogP contribution in [0.4, 0.5) is 0 Å². The third-order valence-corrected chi connectivity index (χ3v) is 5.57. The molecule has 4 rings (SSSR count). The monoisotopic (exact) mass is 489 g/mol. The number of halogens is 3. The molecule has 4 heteroatoms. The predicted octanol–water partition coefficient (Wildman–Crippen LogP) is 7.34. The van der Waals surface area contributed by atoms with E-state index in [1.807, 2.05) is 12.3 Å². The number of hydrogen-bond donors (Lipinski definition) is 0. The number of pyridine rings is 1. The Bertz CT molecular complexity index is 1050. The molecule has 1 nitrogen and oxygen atoms in total. The van der Waals surface area contributed by atoms with Crippen molar-refractivity contribution < 1.29 is 0 Å². The van der Waals surface area contributed by atoms with Gasteiger partial charge in [-0.15, -0.1) is 0 Å². The van der Waals surface area contributed by atoms with Crippen molar-refractivity contribution in [2.24, 2.45) is 0 Å². The van der Waals surface area contributed by atoms with Crippen LogP contribution in [0.1, 0.15) is 0 Å². The summed E-state index contributed by atoms with van der Waals surface area (Å²) in [6, 6.07) is 19.0. The van der Waals surface area contributed by atoms with E-state index in [0.717, 1.165) is 29.9 Å². The summed E-state index contributed by atoms with van der Waals surface area (Å²) in [5, 5.41) is 3.58. The van der Waals surface area contributed by atoms with E-state index in [0.29, 0.717) is 0 Å². The van der Waals surface area contributed by atoms with Crippen LogP contribution in [-0.2, 0) is 0 Å². The second-order valence-electron chi connectivity index (χ2n) is 5.29. The molecule has 0 aliphatic rings. The van der Waals surface area contributed by atoms with Gasteiger partial charge in [-0.25, -0.2) is 0 Å². The molecular formula is C19H10Br3N. The molecule has 112 valence electrons. The van der Waals surface area contributed by atoms with Gasteiger partial charge >= 0.3 is 0 Å². The maximum Gasteiger partial charge on any atom is 0.0851 e. The lowest BCUT2D eigenvalue weighted by molar-refractivity contribution is 1.38. The van der Waals surface area contributed by atoms with Crippen molar-refractivity contribution >= 4 is 69.5 Å². The van der Waals surface area contributed by atoms with Gasteiger partial charge in [-0.2, -0.15) is 0 Å². The highest BCUT2D eigenvalue weighted by Gasteiger charge is 2.14. The first-order valence-corrected chi connectivity index (χ1v) is 9.44. The molecule has 0 saturated carbocycles. The number of aromatic nitrogens is 1. The van der Waals surface area contributed by atoms with E-state index < -0.39 is 0 Å². The van der Waals surface area contributed by atoms with Gasteiger partial charge in [0.25, 0.3) is 0 Å². The van der Waals surface area contributed by atoms with Crippen LogP contribution in [0.5, 0.6) is 0 Å². The number of hydrogen-bond acceptors (Lipinski definition) is 1. The fraction of sp³-hybridized carbons (Fsp3) is 0. The second kappa shape index (κ2) is 6.00. The molecule has 0 aliphatic carbocycles. The van der Waals surface area contributed by atoms with Crippen molar-refractivity contribution in [3.8, 4) is 11.1 Å². The van der Waals surface area contributed by atoms with E-state index in [9.17, 15) is 0 Å². The van der Waals surface area contributed by atoms with E-state index in [1.165, 1.54) is 16.3 Å². The molecule has 0 spiro atoms. The molecule has 0 N–H and O–H groups in total. The summed E-state index contributed by atoms with van der Waals surface area (Å²) in [4.78, 5) is 4.57. The van der Waals surface area contributed by atoms with Gasteiger partial charge in [0.1, 0.15) is 0 Å². The Morgan fingerprint density at radius 1 is 0.739 bits per heavy atom. The van der Waals surface area contributed by atoms with Crippen molar-refractivity contribution in [2.45, 2.75) is 0 Å². The standard InChI is InChI=1S/C19H10Br3N/c20-12-8-15-18(17(22)10-23-19(15)16(21)9-12)14-7-3-5-11-4-1-2-6-13(11)14/h1-10H. The summed E-state index contributed by atoms with van der Waals surface area (Å²) < 4.78 is 3.00.